The van der Waals surface area contributed by atoms with E-state index >= 15 is 0 Å². The van der Waals surface area contributed by atoms with E-state index in [2.05, 4.69) is 0 Å². The van der Waals surface area contributed by atoms with Gasteiger partial charge in [0.05, 0.1) is 28.2 Å². The zero-order chi connectivity index (χ0) is 41.4. The van der Waals surface area contributed by atoms with Crippen LogP contribution in [0.2, 0.25) is 0 Å². The standard InChI is InChI=1S/C34H24O23/c35-10-1-6-15(22(42)19(10)39)16-7(2-11(36)20(40)23(16)43)30(47)56-32-27-24(44)25(13(53-32)5-52-28(6)45)54-31(48)9-4-14(38)34(51)33(49,50)18(9)17-8(29(46)55-27)3-12(37)21(41)26(17)57-34/h1-4,13,18,24-25,27,32,35-37,39-44,49-51H,5H2. The SMILES string of the molecule is O=C1OC2C3COC(=O)c4cc(O)c(O)c(O)c4-c4c(cc(O)c(O)c4O)C(=O)OC(O3)C(OC(=O)c3cc(O)c(O)c4c3C3C1=CC(=O)C(O)(O4)C3(O)O)C2O. The molecule has 0 saturated carbocycles. The molecule has 0 radical (unpaired) electrons. The Kier molecular flexibility index (Phi) is 7.75. The Morgan fingerprint density at radius 2 is 1.14 bits per heavy atom. The van der Waals surface area contributed by atoms with Gasteiger partial charge in [0, 0.05) is 16.7 Å². The van der Waals surface area contributed by atoms with E-state index < -0.39 is 175 Å². The Labute approximate surface area is 313 Å². The molecule has 7 atom stereocenters. The van der Waals surface area contributed by atoms with Crippen molar-refractivity contribution >= 4 is 29.7 Å². The molecule has 6 bridgehead atoms. The second kappa shape index (κ2) is 12.0. The molecule has 0 aromatic heterocycles. The number of aliphatic hydroxyl groups is 4. The first-order valence-electron chi connectivity index (χ1n) is 16.1. The molecule has 298 valence electrons. The number of benzene rings is 3. The number of fused-ring (bicyclic) bond motifs is 10. The van der Waals surface area contributed by atoms with E-state index in [9.17, 15) is 85.3 Å². The molecule has 57 heavy (non-hydrogen) atoms. The predicted octanol–water partition coefficient (Wildman–Crippen LogP) is -2.08. The largest absolute Gasteiger partial charge is 0.504 e. The van der Waals surface area contributed by atoms with Gasteiger partial charge >= 0.3 is 29.7 Å². The molecule has 7 unspecified atom stereocenters. The van der Waals surface area contributed by atoms with Crippen molar-refractivity contribution in [2.45, 2.75) is 48.2 Å². The number of ketones is 1. The Balaban J connectivity index is 1.33. The second-order valence-electron chi connectivity index (χ2n) is 13.2. The molecule has 1 saturated heterocycles. The van der Waals surface area contributed by atoms with Gasteiger partial charge in [-0.05, 0) is 24.3 Å². The van der Waals surface area contributed by atoms with Gasteiger partial charge in [0.2, 0.25) is 29.3 Å². The van der Waals surface area contributed by atoms with Crippen molar-refractivity contribution in [1.29, 1.82) is 0 Å². The fraction of sp³-hybridized carbons (Fsp3) is 0.265. The number of carbonyl (C=O) groups excluding carboxylic acids is 5. The number of esters is 4. The Bertz CT molecular complexity index is 2430. The van der Waals surface area contributed by atoms with Crippen molar-refractivity contribution in [2.24, 2.45) is 0 Å². The highest BCUT2D eigenvalue weighted by molar-refractivity contribution is 6.10. The summed E-state index contributed by atoms with van der Waals surface area (Å²) >= 11 is 0. The molecule has 3 aromatic rings. The zero-order valence-corrected chi connectivity index (χ0v) is 27.8. The molecular formula is C34H24O23. The van der Waals surface area contributed by atoms with Crippen LogP contribution in [0.25, 0.3) is 11.1 Å². The number of aromatic hydroxyl groups is 8. The smallest absolute Gasteiger partial charge is 0.341 e. The number of ether oxygens (including phenoxy) is 6. The van der Waals surface area contributed by atoms with E-state index in [1.54, 1.807) is 0 Å². The van der Waals surface area contributed by atoms with Crippen molar-refractivity contribution < 1.29 is 114 Å². The first kappa shape index (κ1) is 36.9. The van der Waals surface area contributed by atoms with Gasteiger partial charge in [-0.15, -0.1) is 0 Å². The van der Waals surface area contributed by atoms with Crippen LogP contribution in [0.4, 0.5) is 0 Å². The third-order valence-electron chi connectivity index (χ3n) is 10.0. The highest BCUT2D eigenvalue weighted by Crippen LogP contribution is 2.58. The molecule has 3 aromatic carbocycles. The second-order valence-corrected chi connectivity index (χ2v) is 13.2. The average Bonchev–Trinajstić information content (AvgIpc) is 3.15. The molecule has 4 aliphatic heterocycles. The van der Waals surface area contributed by atoms with Crippen molar-refractivity contribution in [3.05, 3.63) is 52.1 Å². The molecular weight excluding hydrogens is 776 g/mol. The molecule has 8 rings (SSSR count). The van der Waals surface area contributed by atoms with E-state index in [4.69, 9.17) is 28.4 Å². The summed E-state index contributed by atoms with van der Waals surface area (Å²) in [5, 5.41) is 129. The minimum absolute atomic E-state index is 0.335. The van der Waals surface area contributed by atoms with Crippen LogP contribution in [0.15, 0.2) is 29.8 Å². The van der Waals surface area contributed by atoms with E-state index in [0.717, 1.165) is 0 Å². The number of rotatable bonds is 0. The summed E-state index contributed by atoms with van der Waals surface area (Å²) in [4.78, 5) is 68.6. The maximum atomic E-state index is 14.0. The molecule has 4 heterocycles. The molecule has 5 aliphatic rings. The summed E-state index contributed by atoms with van der Waals surface area (Å²) in [6.45, 7) is -1.14. The van der Waals surface area contributed by atoms with Gasteiger partial charge in [-0.25, -0.2) is 19.2 Å². The van der Waals surface area contributed by atoms with Gasteiger partial charge in [0.15, 0.2) is 46.7 Å². The average molecular weight is 801 g/mol. The molecule has 12 N–H and O–H groups in total. The summed E-state index contributed by atoms with van der Waals surface area (Å²) in [5.41, 5.74) is -6.89. The van der Waals surface area contributed by atoms with Crippen LogP contribution < -0.4 is 4.74 Å². The van der Waals surface area contributed by atoms with Crippen LogP contribution in [-0.2, 0) is 33.3 Å². The van der Waals surface area contributed by atoms with Gasteiger partial charge in [-0.3, -0.25) is 4.79 Å². The lowest BCUT2D eigenvalue weighted by Crippen LogP contribution is -2.70. The number of phenolic OH excluding ortho intramolecular Hbond substituents is 8. The summed E-state index contributed by atoms with van der Waals surface area (Å²) in [6, 6.07) is 1.42. The Morgan fingerprint density at radius 1 is 0.614 bits per heavy atom. The Morgan fingerprint density at radius 3 is 1.75 bits per heavy atom. The number of aliphatic hydroxyl groups excluding tert-OH is 1. The summed E-state index contributed by atoms with van der Waals surface area (Å²) < 4.78 is 32.3. The van der Waals surface area contributed by atoms with Gasteiger partial charge in [0.1, 0.15) is 18.8 Å². The third-order valence-corrected chi connectivity index (χ3v) is 10.0. The van der Waals surface area contributed by atoms with E-state index in [1.807, 2.05) is 0 Å². The summed E-state index contributed by atoms with van der Waals surface area (Å²) in [6.07, 6.45) is -11.0. The number of hydrogen-bond donors (Lipinski definition) is 12. The molecule has 23 nitrogen and oxygen atoms in total. The van der Waals surface area contributed by atoms with Crippen LogP contribution in [0.1, 0.15) is 42.6 Å². The molecule has 0 amide bonds. The Hall–Kier alpha value is -7.05. The minimum Gasteiger partial charge on any atom is -0.504 e. The third kappa shape index (κ3) is 4.93. The highest BCUT2D eigenvalue weighted by Gasteiger charge is 2.70. The van der Waals surface area contributed by atoms with Crippen molar-refractivity contribution in [3.8, 4) is 62.9 Å². The lowest BCUT2D eigenvalue weighted by atomic mass is 9.70. The van der Waals surface area contributed by atoms with E-state index in [1.165, 1.54) is 0 Å². The first-order chi connectivity index (χ1) is 26.7. The normalized spacial score (nSPS) is 28.6. The quantitative estimate of drug-likeness (QED) is 0.0502. The fourth-order valence-corrected chi connectivity index (χ4v) is 7.23. The maximum absolute atomic E-state index is 14.0. The van der Waals surface area contributed by atoms with Crippen molar-refractivity contribution in [2.75, 3.05) is 6.61 Å². The van der Waals surface area contributed by atoms with Crippen LogP contribution in [0.3, 0.4) is 0 Å². The minimum atomic E-state index is -3.85. The molecule has 0 spiro atoms. The lowest BCUT2D eigenvalue weighted by molar-refractivity contribution is -0.339. The summed E-state index contributed by atoms with van der Waals surface area (Å²) in [7, 11) is 0. The maximum Gasteiger partial charge on any atom is 0.341 e. The van der Waals surface area contributed by atoms with Crippen molar-refractivity contribution in [3.63, 3.8) is 0 Å². The topological polar surface area (TPSA) is 383 Å². The van der Waals surface area contributed by atoms with E-state index in [0.29, 0.717) is 24.3 Å². The van der Waals surface area contributed by atoms with Crippen molar-refractivity contribution in [1.82, 2.24) is 0 Å². The fourth-order valence-electron chi connectivity index (χ4n) is 7.23. The van der Waals surface area contributed by atoms with Crippen LogP contribution in [0.5, 0.6) is 51.7 Å². The number of cyclic esters (lactones) is 1. The summed E-state index contributed by atoms with van der Waals surface area (Å²) in [5.74, 6) is -29.8. The molecule has 23 heteroatoms. The van der Waals surface area contributed by atoms with Crippen LogP contribution in [0, 0.1) is 0 Å². The molecule has 1 fully saturated rings. The zero-order valence-electron chi connectivity index (χ0n) is 27.8. The lowest BCUT2D eigenvalue weighted by Gasteiger charge is -2.49. The van der Waals surface area contributed by atoms with Crippen LogP contribution >= 0.6 is 0 Å². The van der Waals surface area contributed by atoms with Crippen LogP contribution in [-0.4, -0.2) is 140 Å². The monoisotopic (exact) mass is 800 g/mol. The van der Waals surface area contributed by atoms with Gasteiger partial charge < -0.3 is 89.7 Å². The number of hydrogen-bond acceptors (Lipinski definition) is 23. The predicted molar refractivity (Wildman–Crippen MR) is 170 cm³/mol. The number of phenols is 8. The van der Waals surface area contributed by atoms with Gasteiger partial charge in [-0.2, -0.15) is 0 Å². The first-order valence-corrected chi connectivity index (χ1v) is 16.1. The molecule has 1 aliphatic carbocycles. The van der Waals surface area contributed by atoms with E-state index in [-0.39, 0.29) is 0 Å². The highest BCUT2D eigenvalue weighted by atomic mass is 16.7. The van der Waals surface area contributed by atoms with Gasteiger partial charge in [0.25, 0.3) is 5.79 Å². The van der Waals surface area contributed by atoms with Gasteiger partial charge in [-0.1, -0.05) is 0 Å². The number of carbonyl (C=O) groups is 5.